The first-order valence-corrected chi connectivity index (χ1v) is 5.53. The predicted molar refractivity (Wildman–Crippen MR) is 66.4 cm³/mol. The van der Waals surface area contributed by atoms with Crippen LogP contribution in [0, 0.1) is 10.1 Å². The van der Waals surface area contributed by atoms with Crippen LogP contribution in [0.25, 0.3) is 0 Å². The molecular formula is C10H12N2O4S. The number of thiol groups is 1. The second kappa shape index (κ2) is 6.09. The molecule has 0 atom stereocenters. The monoisotopic (exact) mass is 256 g/mol. The molecule has 1 aromatic rings. The highest BCUT2D eigenvalue weighted by molar-refractivity contribution is 7.80. The van der Waals surface area contributed by atoms with Crippen molar-refractivity contribution >= 4 is 30.1 Å². The predicted octanol–water partition coefficient (Wildman–Crippen LogP) is 2.59. The first kappa shape index (κ1) is 13.3. The van der Waals surface area contributed by atoms with E-state index in [1.54, 1.807) is 12.1 Å². The van der Waals surface area contributed by atoms with Crippen molar-refractivity contribution in [2.75, 3.05) is 11.1 Å². The van der Waals surface area contributed by atoms with E-state index in [4.69, 9.17) is 4.74 Å². The highest BCUT2D eigenvalue weighted by Crippen LogP contribution is 2.26. The van der Waals surface area contributed by atoms with Crippen molar-refractivity contribution in [3.8, 4) is 0 Å². The van der Waals surface area contributed by atoms with Gasteiger partial charge in [-0.3, -0.25) is 15.4 Å². The van der Waals surface area contributed by atoms with Crippen molar-refractivity contribution in [1.29, 1.82) is 0 Å². The number of hydrogen-bond acceptors (Lipinski definition) is 5. The lowest BCUT2D eigenvalue weighted by atomic mass is 10.1. The Labute approximate surface area is 104 Å². The van der Waals surface area contributed by atoms with Crippen LogP contribution in [0.1, 0.15) is 12.5 Å². The Kier molecular flexibility index (Phi) is 4.77. The van der Waals surface area contributed by atoms with Gasteiger partial charge in [0.15, 0.2) is 0 Å². The molecule has 1 amide bonds. The van der Waals surface area contributed by atoms with Crippen molar-refractivity contribution in [2.24, 2.45) is 0 Å². The van der Waals surface area contributed by atoms with Crippen LogP contribution in [0.3, 0.4) is 0 Å². The maximum atomic E-state index is 10.9. The molecule has 0 spiro atoms. The molecule has 2 bridgehead atoms. The van der Waals surface area contributed by atoms with Gasteiger partial charge in [0.1, 0.15) is 6.61 Å². The maximum Gasteiger partial charge on any atom is 0.411 e. The SMILES string of the molecule is CCS.O=C1Nc2ccc(c([N+](=O)[O-])c2)CO1. The van der Waals surface area contributed by atoms with Crippen molar-refractivity contribution < 1.29 is 14.5 Å². The number of nitro benzene ring substituents is 1. The fourth-order valence-corrected chi connectivity index (χ4v) is 1.23. The summed E-state index contributed by atoms with van der Waals surface area (Å²) in [6.07, 6.45) is -0.597. The Bertz CT molecular complexity index is 436. The molecule has 0 aromatic heterocycles. The third-order valence-electron chi connectivity index (χ3n) is 1.89. The van der Waals surface area contributed by atoms with E-state index in [-0.39, 0.29) is 12.3 Å². The van der Waals surface area contributed by atoms with Crippen LogP contribution in [0.15, 0.2) is 18.2 Å². The van der Waals surface area contributed by atoms with Crippen LogP contribution in [0.2, 0.25) is 0 Å². The minimum Gasteiger partial charge on any atom is -0.444 e. The number of nitrogens with zero attached hydrogens (tertiary/aromatic N) is 1. The van der Waals surface area contributed by atoms with Crippen LogP contribution in [-0.2, 0) is 11.3 Å². The lowest BCUT2D eigenvalue weighted by Gasteiger charge is -2.12. The average Bonchev–Trinajstić information content (AvgIpc) is 2.24. The summed E-state index contributed by atoms with van der Waals surface area (Å²) in [6, 6.07) is 4.48. The molecule has 1 N–H and O–H groups in total. The van der Waals surface area contributed by atoms with E-state index in [2.05, 4.69) is 17.9 Å². The highest BCUT2D eigenvalue weighted by atomic mass is 32.1. The van der Waals surface area contributed by atoms with Crippen molar-refractivity contribution in [1.82, 2.24) is 0 Å². The van der Waals surface area contributed by atoms with E-state index >= 15 is 0 Å². The number of carbonyl (C=O) groups is 1. The third-order valence-corrected chi connectivity index (χ3v) is 1.89. The Morgan fingerprint density at radius 1 is 1.59 bits per heavy atom. The average molecular weight is 256 g/mol. The second-order valence-corrected chi connectivity index (χ2v) is 3.75. The normalized spacial score (nSPS) is 12.5. The fourth-order valence-electron chi connectivity index (χ4n) is 1.23. The number of carbonyl (C=O) groups excluding carboxylic acids is 1. The van der Waals surface area contributed by atoms with E-state index in [0.717, 1.165) is 5.75 Å². The molecule has 2 aliphatic heterocycles. The minimum absolute atomic E-state index is 0.0394. The molecule has 0 radical (unpaired) electrons. The summed E-state index contributed by atoms with van der Waals surface area (Å²) < 4.78 is 4.69. The summed E-state index contributed by atoms with van der Waals surface area (Å²) in [6.45, 7) is 1.91. The number of rotatable bonds is 1. The Morgan fingerprint density at radius 2 is 2.24 bits per heavy atom. The lowest BCUT2D eigenvalue weighted by Crippen LogP contribution is -2.16. The fraction of sp³-hybridized carbons (Fsp3) is 0.300. The van der Waals surface area contributed by atoms with E-state index in [9.17, 15) is 14.9 Å². The summed E-state index contributed by atoms with van der Waals surface area (Å²) in [5, 5.41) is 13.0. The molecule has 0 unspecified atom stereocenters. The van der Waals surface area contributed by atoms with Gasteiger partial charge in [0.05, 0.1) is 16.2 Å². The number of nitrogens with one attached hydrogen (secondary N) is 1. The van der Waals surface area contributed by atoms with E-state index in [0.29, 0.717) is 11.3 Å². The smallest absolute Gasteiger partial charge is 0.411 e. The summed E-state index contributed by atoms with van der Waals surface area (Å²) in [5.74, 6) is 0.944. The molecule has 2 heterocycles. The Balaban J connectivity index is 0.000000437. The third kappa shape index (κ3) is 3.63. The minimum atomic E-state index is -0.597. The highest BCUT2D eigenvalue weighted by Gasteiger charge is 2.19. The molecule has 1 aromatic carbocycles. The Hall–Kier alpha value is -1.76. The van der Waals surface area contributed by atoms with Gasteiger partial charge in [0.25, 0.3) is 5.69 Å². The number of ether oxygens (including phenoxy) is 1. The van der Waals surface area contributed by atoms with E-state index < -0.39 is 11.0 Å². The van der Waals surface area contributed by atoms with Crippen molar-refractivity contribution in [2.45, 2.75) is 13.5 Å². The maximum absolute atomic E-state index is 10.9. The van der Waals surface area contributed by atoms with Gasteiger partial charge < -0.3 is 4.74 Å². The molecule has 92 valence electrons. The largest absolute Gasteiger partial charge is 0.444 e. The van der Waals surface area contributed by atoms with Crippen molar-refractivity contribution in [3.63, 3.8) is 0 Å². The number of amides is 1. The number of fused-ring (bicyclic) bond motifs is 5. The van der Waals surface area contributed by atoms with Crippen LogP contribution in [0.5, 0.6) is 0 Å². The first-order chi connectivity index (χ1) is 8.08. The van der Waals surface area contributed by atoms with Crippen LogP contribution in [-0.4, -0.2) is 16.8 Å². The quantitative estimate of drug-likeness (QED) is 0.459. The summed E-state index contributed by atoms with van der Waals surface area (Å²) in [5.41, 5.74) is 0.723. The van der Waals surface area contributed by atoms with Gasteiger partial charge in [-0.1, -0.05) is 6.92 Å². The summed E-state index contributed by atoms with van der Waals surface area (Å²) in [4.78, 5) is 21.0. The van der Waals surface area contributed by atoms with Gasteiger partial charge in [0, 0.05) is 6.07 Å². The second-order valence-electron chi connectivity index (χ2n) is 3.12. The number of hydrogen-bond donors (Lipinski definition) is 2. The van der Waals surface area contributed by atoms with Gasteiger partial charge in [-0.05, 0) is 17.9 Å². The van der Waals surface area contributed by atoms with Gasteiger partial charge in [-0.25, -0.2) is 4.79 Å². The number of nitro groups is 1. The molecular weight excluding hydrogens is 244 g/mol. The molecule has 0 aliphatic carbocycles. The van der Waals surface area contributed by atoms with E-state index in [1.807, 2.05) is 6.92 Å². The van der Waals surface area contributed by atoms with Crippen molar-refractivity contribution in [3.05, 3.63) is 33.9 Å². The van der Waals surface area contributed by atoms with Gasteiger partial charge in [-0.2, -0.15) is 12.6 Å². The molecule has 0 saturated carbocycles. The molecule has 2 aliphatic rings. The van der Waals surface area contributed by atoms with Crippen LogP contribution < -0.4 is 5.32 Å². The molecule has 6 nitrogen and oxygen atoms in total. The zero-order valence-corrected chi connectivity index (χ0v) is 10.1. The van der Waals surface area contributed by atoms with Gasteiger partial charge in [0.2, 0.25) is 0 Å². The summed E-state index contributed by atoms with van der Waals surface area (Å²) in [7, 11) is 0. The standard InChI is InChI=1S/C8H6N2O4.C2H6S/c11-8-9-6-2-1-5(4-14-8)7(3-6)10(12)13;1-2-3/h1-3H,4H2,(H,9,11);3H,2H2,1H3. The molecule has 0 saturated heterocycles. The van der Waals surface area contributed by atoms with E-state index in [1.165, 1.54) is 6.07 Å². The van der Waals surface area contributed by atoms with Gasteiger partial charge >= 0.3 is 6.09 Å². The van der Waals surface area contributed by atoms with Crippen LogP contribution >= 0.6 is 12.6 Å². The zero-order chi connectivity index (χ0) is 12.8. The first-order valence-electron chi connectivity index (χ1n) is 4.90. The Morgan fingerprint density at radius 3 is 2.82 bits per heavy atom. The number of benzene rings is 1. The lowest BCUT2D eigenvalue weighted by molar-refractivity contribution is -0.385. The molecule has 0 fully saturated rings. The molecule has 17 heavy (non-hydrogen) atoms. The topological polar surface area (TPSA) is 81.5 Å². The zero-order valence-electron chi connectivity index (χ0n) is 9.17. The van der Waals surface area contributed by atoms with Crippen LogP contribution in [0.4, 0.5) is 16.2 Å². The summed E-state index contributed by atoms with van der Waals surface area (Å²) >= 11 is 3.79. The number of anilines is 1. The molecule has 7 heteroatoms. The van der Waals surface area contributed by atoms with Gasteiger partial charge in [-0.15, -0.1) is 0 Å². The molecule has 3 rings (SSSR count).